The van der Waals surface area contributed by atoms with Gasteiger partial charge in [0, 0.05) is 32.8 Å². The van der Waals surface area contributed by atoms with Crippen molar-refractivity contribution >= 4 is 5.91 Å². The maximum atomic E-state index is 12.2. The van der Waals surface area contributed by atoms with Gasteiger partial charge in [0.05, 0.1) is 6.20 Å². The van der Waals surface area contributed by atoms with Crippen LogP contribution in [-0.2, 0) is 18.3 Å². The summed E-state index contributed by atoms with van der Waals surface area (Å²) in [6, 6.07) is 0. The third kappa shape index (κ3) is 5.52. The van der Waals surface area contributed by atoms with Crippen molar-refractivity contribution in [1.29, 1.82) is 0 Å². The predicted octanol–water partition coefficient (Wildman–Crippen LogP) is 3.73. The number of carbonyl (C=O) groups is 1. The highest BCUT2D eigenvalue weighted by atomic mass is 16.2. The highest BCUT2D eigenvalue weighted by molar-refractivity contribution is 5.77. The van der Waals surface area contributed by atoms with Gasteiger partial charge in [0.25, 0.3) is 0 Å². The second-order valence-corrected chi connectivity index (χ2v) is 7.57. The molecule has 0 aliphatic carbocycles. The van der Waals surface area contributed by atoms with E-state index in [1.54, 1.807) is 0 Å². The normalized spacial score (nSPS) is 21.6. The maximum absolute atomic E-state index is 12.2. The standard InChI is InChI=1S/C19H31N3O/c1-16(2)7-5-10-19(3)11-9-18(23)22(15-19)12-6-8-17-13-20-21(4)14-17/h7,13-14H,5-6,8-12,15H2,1-4H3/t19-/m1/s1. The average molecular weight is 317 g/mol. The zero-order valence-corrected chi connectivity index (χ0v) is 15.1. The number of allylic oxidation sites excluding steroid dienone is 2. The largest absolute Gasteiger partial charge is 0.342 e. The second kappa shape index (κ2) is 7.80. The fourth-order valence-electron chi connectivity index (χ4n) is 3.39. The molecule has 2 rings (SSSR count). The van der Waals surface area contributed by atoms with Crippen molar-refractivity contribution in [2.75, 3.05) is 13.1 Å². The summed E-state index contributed by atoms with van der Waals surface area (Å²) >= 11 is 0. The van der Waals surface area contributed by atoms with E-state index >= 15 is 0 Å². The number of nitrogens with zero attached hydrogens (tertiary/aromatic N) is 3. The molecule has 0 N–H and O–H groups in total. The van der Waals surface area contributed by atoms with E-state index in [2.05, 4.69) is 43.0 Å². The molecule has 23 heavy (non-hydrogen) atoms. The van der Waals surface area contributed by atoms with Crippen molar-refractivity contribution in [3.8, 4) is 0 Å². The lowest BCUT2D eigenvalue weighted by Crippen LogP contribution is -2.45. The summed E-state index contributed by atoms with van der Waals surface area (Å²) in [6.45, 7) is 8.42. The minimum atomic E-state index is 0.272. The van der Waals surface area contributed by atoms with Crippen LogP contribution < -0.4 is 0 Å². The summed E-state index contributed by atoms with van der Waals surface area (Å²) in [7, 11) is 1.94. The smallest absolute Gasteiger partial charge is 0.222 e. The molecule has 4 heteroatoms. The Morgan fingerprint density at radius 1 is 1.43 bits per heavy atom. The zero-order valence-electron chi connectivity index (χ0n) is 15.1. The SMILES string of the molecule is CC(C)=CCC[C@]1(C)CCC(=O)N(CCCc2cnn(C)c2)C1. The van der Waals surface area contributed by atoms with Crippen LogP contribution in [-0.4, -0.2) is 33.7 Å². The van der Waals surface area contributed by atoms with E-state index < -0.39 is 0 Å². The first-order chi connectivity index (χ1) is 10.9. The number of rotatable bonds is 7. The summed E-state index contributed by atoms with van der Waals surface area (Å²) in [5, 5.41) is 4.20. The van der Waals surface area contributed by atoms with Crippen molar-refractivity contribution in [3.05, 3.63) is 29.6 Å². The number of carbonyl (C=O) groups excluding carboxylic acids is 1. The molecule has 128 valence electrons. The maximum Gasteiger partial charge on any atom is 0.222 e. The van der Waals surface area contributed by atoms with Crippen LogP contribution in [0.2, 0.25) is 0 Å². The molecule has 0 aromatic carbocycles. The third-order valence-electron chi connectivity index (χ3n) is 4.82. The van der Waals surface area contributed by atoms with Gasteiger partial charge in [-0.15, -0.1) is 0 Å². The van der Waals surface area contributed by atoms with Gasteiger partial charge in [-0.25, -0.2) is 0 Å². The van der Waals surface area contributed by atoms with Crippen LogP contribution in [0.4, 0.5) is 0 Å². The molecule has 1 fully saturated rings. The molecule has 1 amide bonds. The van der Waals surface area contributed by atoms with Crippen molar-refractivity contribution in [2.24, 2.45) is 12.5 Å². The molecule has 0 bridgehead atoms. The number of piperidine rings is 1. The van der Waals surface area contributed by atoms with Crippen LogP contribution in [0.15, 0.2) is 24.0 Å². The number of aryl methyl sites for hydroxylation is 2. The molecule has 2 heterocycles. The summed E-state index contributed by atoms with van der Waals surface area (Å²) in [5.41, 5.74) is 2.91. The molecule has 0 unspecified atom stereocenters. The van der Waals surface area contributed by atoms with Gasteiger partial charge in [0.2, 0.25) is 5.91 Å². The molecule has 1 aromatic heterocycles. The van der Waals surface area contributed by atoms with E-state index in [1.165, 1.54) is 17.6 Å². The average Bonchev–Trinajstić information content (AvgIpc) is 2.88. The van der Waals surface area contributed by atoms with Crippen molar-refractivity contribution in [1.82, 2.24) is 14.7 Å². The molecule has 1 aromatic rings. The van der Waals surface area contributed by atoms with Crippen molar-refractivity contribution < 1.29 is 4.79 Å². The Morgan fingerprint density at radius 2 is 2.22 bits per heavy atom. The molecular weight excluding hydrogens is 286 g/mol. The lowest BCUT2D eigenvalue weighted by atomic mass is 9.77. The van der Waals surface area contributed by atoms with E-state index in [9.17, 15) is 4.79 Å². The van der Waals surface area contributed by atoms with Gasteiger partial charge in [-0.2, -0.15) is 5.10 Å². The minimum Gasteiger partial charge on any atom is -0.342 e. The monoisotopic (exact) mass is 317 g/mol. The Morgan fingerprint density at radius 3 is 2.87 bits per heavy atom. The number of likely N-dealkylation sites (tertiary alicyclic amines) is 1. The van der Waals surface area contributed by atoms with Crippen LogP contribution >= 0.6 is 0 Å². The number of hydrogen-bond acceptors (Lipinski definition) is 2. The highest BCUT2D eigenvalue weighted by Crippen LogP contribution is 2.35. The predicted molar refractivity (Wildman–Crippen MR) is 94.1 cm³/mol. The van der Waals surface area contributed by atoms with Gasteiger partial charge >= 0.3 is 0 Å². The van der Waals surface area contributed by atoms with Gasteiger partial charge in [0.15, 0.2) is 0 Å². The van der Waals surface area contributed by atoms with Crippen molar-refractivity contribution in [2.45, 2.75) is 59.3 Å². The minimum absolute atomic E-state index is 0.272. The van der Waals surface area contributed by atoms with E-state index in [0.29, 0.717) is 12.3 Å². The second-order valence-electron chi connectivity index (χ2n) is 7.57. The Labute approximate surface area is 140 Å². The molecule has 0 radical (unpaired) electrons. The van der Waals surface area contributed by atoms with Gasteiger partial charge in [-0.05, 0) is 56.9 Å². The molecule has 1 atom stereocenters. The number of amides is 1. The van der Waals surface area contributed by atoms with Crippen LogP contribution in [0.25, 0.3) is 0 Å². The third-order valence-corrected chi connectivity index (χ3v) is 4.82. The van der Waals surface area contributed by atoms with Gasteiger partial charge in [-0.3, -0.25) is 9.48 Å². The lowest BCUT2D eigenvalue weighted by molar-refractivity contribution is -0.137. The Hall–Kier alpha value is -1.58. The van der Waals surface area contributed by atoms with Gasteiger partial charge in [0.1, 0.15) is 0 Å². The molecule has 1 aliphatic rings. The Bertz CT molecular complexity index is 557. The van der Waals surface area contributed by atoms with Crippen molar-refractivity contribution in [3.63, 3.8) is 0 Å². The first kappa shape index (κ1) is 17.8. The summed E-state index contributed by atoms with van der Waals surface area (Å²) < 4.78 is 1.84. The van der Waals surface area contributed by atoms with E-state index in [1.807, 2.05) is 17.9 Å². The quantitative estimate of drug-likeness (QED) is 0.719. The first-order valence-corrected chi connectivity index (χ1v) is 8.77. The molecule has 0 saturated carbocycles. The lowest BCUT2D eigenvalue weighted by Gasteiger charge is -2.40. The fourth-order valence-corrected chi connectivity index (χ4v) is 3.39. The summed E-state index contributed by atoms with van der Waals surface area (Å²) in [4.78, 5) is 14.3. The molecule has 1 aliphatic heterocycles. The van der Waals surface area contributed by atoms with Gasteiger partial charge in [-0.1, -0.05) is 18.6 Å². The van der Waals surface area contributed by atoms with E-state index in [-0.39, 0.29) is 5.41 Å². The number of hydrogen-bond donors (Lipinski definition) is 0. The molecular formula is C19H31N3O. The van der Waals surface area contributed by atoms with E-state index in [4.69, 9.17) is 0 Å². The number of aromatic nitrogens is 2. The zero-order chi connectivity index (χ0) is 16.9. The van der Waals surface area contributed by atoms with Crippen LogP contribution in [0.5, 0.6) is 0 Å². The summed E-state index contributed by atoms with van der Waals surface area (Å²) in [5.74, 6) is 0.330. The van der Waals surface area contributed by atoms with Crippen LogP contribution in [0, 0.1) is 5.41 Å². The van der Waals surface area contributed by atoms with Crippen LogP contribution in [0.1, 0.15) is 58.4 Å². The summed E-state index contributed by atoms with van der Waals surface area (Å²) in [6.07, 6.45) is 12.3. The first-order valence-electron chi connectivity index (χ1n) is 8.77. The molecule has 1 saturated heterocycles. The Balaban J connectivity index is 1.82. The van der Waals surface area contributed by atoms with Crippen LogP contribution in [0.3, 0.4) is 0 Å². The molecule has 4 nitrogen and oxygen atoms in total. The van der Waals surface area contributed by atoms with Gasteiger partial charge < -0.3 is 4.90 Å². The van der Waals surface area contributed by atoms with E-state index in [0.717, 1.165) is 38.8 Å². The topological polar surface area (TPSA) is 38.1 Å². The fraction of sp³-hybridized carbons (Fsp3) is 0.684. The Kier molecular flexibility index (Phi) is 6.03. The molecule has 0 spiro atoms. The highest BCUT2D eigenvalue weighted by Gasteiger charge is 2.33.